The minimum Gasteiger partial charge on any atom is -0.455 e. The first kappa shape index (κ1) is 34.4. The Morgan fingerprint density at radius 1 is 0.882 bits per heavy atom. The van der Waals surface area contributed by atoms with Crippen LogP contribution in [0.1, 0.15) is 48.6 Å². The van der Waals surface area contributed by atoms with Gasteiger partial charge in [-0.1, -0.05) is 115 Å². The van der Waals surface area contributed by atoms with E-state index >= 15 is 4.79 Å². The van der Waals surface area contributed by atoms with Gasteiger partial charge in [0.25, 0.3) is 0 Å². The summed E-state index contributed by atoms with van der Waals surface area (Å²) in [5, 5.41) is 10.9. The van der Waals surface area contributed by atoms with E-state index in [0.29, 0.717) is 24.1 Å². The molecule has 1 spiro atoms. The molecule has 10 heteroatoms. The predicted octanol–water partition coefficient (Wildman–Crippen LogP) is 4.38. The number of esters is 1. The minimum absolute atomic E-state index is 0.0956. The Hall–Kier alpha value is -5.06. The van der Waals surface area contributed by atoms with Crippen molar-refractivity contribution in [2.75, 3.05) is 20.2 Å². The van der Waals surface area contributed by atoms with Crippen LogP contribution in [0.15, 0.2) is 115 Å². The first-order valence-electron chi connectivity index (χ1n) is 17.6. The average molecular weight is 690 g/mol. The van der Waals surface area contributed by atoms with E-state index in [4.69, 9.17) is 9.47 Å². The molecule has 0 aliphatic carbocycles. The second kappa shape index (κ2) is 14.3. The van der Waals surface area contributed by atoms with E-state index in [-0.39, 0.29) is 24.8 Å². The molecule has 4 aliphatic rings. The lowest BCUT2D eigenvalue weighted by Crippen LogP contribution is -2.56. The molecule has 0 saturated carbocycles. The van der Waals surface area contributed by atoms with Gasteiger partial charge in [-0.25, -0.2) is 0 Å². The molecule has 3 aromatic carbocycles. The number of hydrogen-bond acceptors (Lipinski definition) is 7. The van der Waals surface area contributed by atoms with Crippen LogP contribution in [0.2, 0.25) is 0 Å². The summed E-state index contributed by atoms with van der Waals surface area (Å²) in [5.74, 6) is -3.81. The number of carbonyl (C=O) groups excluding carboxylic acids is 4. The maximum atomic E-state index is 15.1. The Bertz CT molecular complexity index is 1820. The number of nitrogens with zero attached hydrogens (tertiary/aromatic N) is 3. The van der Waals surface area contributed by atoms with Crippen molar-refractivity contribution in [3.63, 3.8) is 0 Å². The maximum absolute atomic E-state index is 15.1. The van der Waals surface area contributed by atoms with E-state index in [1.54, 1.807) is 35.1 Å². The van der Waals surface area contributed by atoms with Gasteiger partial charge in [0, 0.05) is 26.6 Å². The van der Waals surface area contributed by atoms with Crippen LogP contribution < -0.4 is 0 Å². The normalized spacial score (nSPS) is 30.8. The molecule has 0 radical (unpaired) electrons. The Labute approximate surface area is 297 Å². The van der Waals surface area contributed by atoms with Crippen LogP contribution in [0.25, 0.3) is 0 Å². The van der Waals surface area contributed by atoms with Gasteiger partial charge < -0.3 is 29.3 Å². The number of hydrogen-bond donors (Lipinski definition) is 1. The Morgan fingerprint density at radius 2 is 1.55 bits per heavy atom. The molecule has 10 nitrogen and oxygen atoms in total. The monoisotopic (exact) mass is 689 g/mol. The summed E-state index contributed by atoms with van der Waals surface area (Å²) in [5.41, 5.74) is 0.743. The largest absolute Gasteiger partial charge is 0.455 e. The number of allylic oxidation sites excluding steroid dienone is 1. The fourth-order valence-electron chi connectivity index (χ4n) is 8.19. The quantitative estimate of drug-likeness (QED) is 0.302. The van der Waals surface area contributed by atoms with Crippen LogP contribution in [-0.2, 0) is 35.2 Å². The van der Waals surface area contributed by atoms with Gasteiger partial charge in [-0.3, -0.25) is 19.2 Å². The van der Waals surface area contributed by atoms with Crippen molar-refractivity contribution in [3.05, 3.63) is 132 Å². The second-order valence-corrected chi connectivity index (χ2v) is 13.8. The molecule has 264 valence electrons. The van der Waals surface area contributed by atoms with E-state index in [9.17, 15) is 19.5 Å². The number of likely N-dealkylation sites (N-methyl/N-ethyl adjacent to an activating group) is 1. The number of carbonyl (C=O) groups is 4. The van der Waals surface area contributed by atoms with Crippen LogP contribution >= 0.6 is 0 Å². The Balaban J connectivity index is 1.35. The summed E-state index contributed by atoms with van der Waals surface area (Å²) < 4.78 is 13.3. The van der Waals surface area contributed by atoms with Crippen molar-refractivity contribution in [1.82, 2.24) is 14.7 Å². The number of likely N-dealkylation sites (tertiary alicyclic amines) is 1. The van der Waals surface area contributed by atoms with Gasteiger partial charge in [0.1, 0.15) is 23.7 Å². The van der Waals surface area contributed by atoms with Crippen molar-refractivity contribution >= 4 is 23.7 Å². The molecular formula is C41H43N3O7. The second-order valence-electron chi connectivity index (χ2n) is 13.8. The zero-order valence-corrected chi connectivity index (χ0v) is 28.8. The van der Waals surface area contributed by atoms with E-state index in [1.807, 2.05) is 104 Å². The molecule has 2 fully saturated rings. The summed E-state index contributed by atoms with van der Waals surface area (Å²) >= 11 is 0. The van der Waals surface area contributed by atoms with Crippen LogP contribution in [0, 0.1) is 11.8 Å². The van der Waals surface area contributed by atoms with E-state index in [2.05, 4.69) is 0 Å². The number of aliphatic hydroxyl groups is 1. The van der Waals surface area contributed by atoms with Gasteiger partial charge in [0.2, 0.25) is 17.7 Å². The molecule has 3 amide bonds. The molecule has 4 aliphatic heterocycles. The zero-order chi connectivity index (χ0) is 35.7. The van der Waals surface area contributed by atoms with Gasteiger partial charge >= 0.3 is 5.97 Å². The summed E-state index contributed by atoms with van der Waals surface area (Å²) in [6.07, 6.45) is 6.03. The first-order chi connectivity index (χ1) is 24.7. The fraction of sp³-hybridized carbons (Fsp3) is 0.366. The van der Waals surface area contributed by atoms with Crippen molar-refractivity contribution in [3.8, 4) is 0 Å². The smallest absolute Gasteiger partial charge is 0.313 e. The lowest BCUT2D eigenvalue weighted by atomic mass is 9.77. The van der Waals surface area contributed by atoms with Crippen molar-refractivity contribution in [2.24, 2.45) is 11.8 Å². The summed E-state index contributed by atoms with van der Waals surface area (Å²) in [6.45, 7) is 1.95. The molecule has 0 bridgehead atoms. The molecule has 1 N–H and O–H groups in total. The van der Waals surface area contributed by atoms with Crippen molar-refractivity contribution in [2.45, 2.75) is 62.2 Å². The lowest BCUT2D eigenvalue weighted by Gasteiger charge is -2.38. The molecule has 7 rings (SSSR count). The van der Waals surface area contributed by atoms with E-state index in [1.165, 1.54) is 4.90 Å². The third-order valence-electron chi connectivity index (χ3n) is 10.9. The number of rotatable bonds is 6. The van der Waals surface area contributed by atoms with Gasteiger partial charge in [0.05, 0.1) is 30.7 Å². The molecule has 0 unspecified atom stereocenters. The fourth-order valence-corrected chi connectivity index (χ4v) is 8.19. The molecular weight excluding hydrogens is 646 g/mol. The van der Waals surface area contributed by atoms with Crippen LogP contribution in [0.4, 0.5) is 0 Å². The highest BCUT2D eigenvalue weighted by Gasteiger charge is 2.72. The number of fused-ring (bicyclic) bond motifs is 2. The molecule has 2 saturated heterocycles. The molecule has 51 heavy (non-hydrogen) atoms. The zero-order valence-electron chi connectivity index (χ0n) is 28.8. The van der Waals surface area contributed by atoms with Crippen LogP contribution in [0.5, 0.6) is 0 Å². The first-order valence-corrected chi connectivity index (χ1v) is 17.6. The lowest BCUT2D eigenvalue weighted by molar-refractivity contribution is -0.164. The number of ether oxygens (including phenoxy) is 2. The number of aliphatic hydroxyl groups excluding tert-OH is 1. The van der Waals surface area contributed by atoms with Crippen molar-refractivity contribution in [1.29, 1.82) is 0 Å². The summed E-state index contributed by atoms with van der Waals surface area (Å²) in [6, 6.07) is 25.4. The standard InChI is InChI=1S/C41H43N3O7/c1-27-36(30-19-10-5-11-20-30)50-40(49)34-32(21-12-13-22-33(46)42(27)2)51-41-23-14-24-43(25-28-15-6-3-7-16-28)39(48)37(41)44(38(47)35(34)41)31(26-45)29-17-8-4-9-18-29/h3-12,14-21,23,27,31-32,34-37,45H,13,22,24-26H2,1-2H3/b21-12-/t27-,31+,32-,34+,35+,36+,37-,41+/m0/s1. The predicted molar refractivity (Wildman–Crippen MR) is 188 cm³/mol. The minimum atomic E-state index is -1.54. The molecule has 8 atom stereocenters. The van der Waals surface area contributed by atoms with Crippen molar-refractivity contribution < 1.29 is 33.8 Å². The maximum Gasteiger partial charge on any atom is 0.313 e. The highest BCUT2D eigenvalue weighted by molar-refractivity contribution is 5.99. The highest BCUT2D eigenvalue weighted by Crippen LogP contribution is 2.55. The molecule has 3 aromatic rings. The third kappa shape index (κ3) is 6.16. The van der Waals surface area contributed by atoms with Crippen LogP contribution in [-0.4, -0.2) is 87.5 Å². The highest BCUT2D eigenvalue weighted by atomic mass is 16.6. The van der Waals surface area contributed by atoms with Gasteiger partial charge in [-0.2, -0.15) is 0 Å². The topological polar surface area (TPSA) is 117 Å². The molecule has 0 aromatic heterocycles. The van der Waals surface area contributed by atoms with Gasteiger partial charge in [0.15, 0.2) is 0 Å². The third-order valence-corrected chi connectivity index (χ3v) is 10.9. The summed E-state index contributed by atoms with van der Waals surface area (Å²) in [4.78, 5) is 62.6. The SMILES string of the molecule is C[C@H]1[C@H](c2ccccc2)OC(=O)[C@@H]2[C@H](/C=C\CCC(=O)N1C)O[C@@]13C=CCN(Cc4ccccc4)C(=O)[C@@H]1N([C@H](CO)c1ccccc1)C(=O)[C@@H]23. The van der Waals surface area contributed by atoms with Gasteiger partial charge in [-0.15, -0.1) is 0 Å². The van der Waals surface area contributed by atoms with E-state index < -0.39 is 66.3 Å². The van der Waals surface area contributed by atoms with Crippen LogP contribution in [0.3, 0.4) is 0 Å². The number of cyclic esters (lactones) is 1. The van der Waals surface area contributed by atoms with Gasteiger partial charge in [-0.05, 0) is 30.0 Å². The van der Waals surface area contributed by atoms with E-state index in [0.717, 1.165) is 5.56 Å². The Kier molecular flexibility index (Phi) is 9.63. The number of amides is 3. The Morgan fingerprint density at radius 3 is 2.24 bits per heavy atom. The molecule has 4 heterocycles. The average Bonchev–Trinajstić information content (AvgIpc) is 3.55. The summed E-state index contributed by atoms with van der Waals surface area (Å²) in [7, 11) is 1.70. The number of benzene rings is 3.